The van der Waals surface area contributed by atoms with E-state index in [1.54, 1.807) is 49.8 Å². The van der Waals surface area contributed by atoms with Gasteiger partial charge in [0, 0.05) is 43.2 Å². The Morgan fingerprint density at radius 3 is 2.74 bits per heavy atom. The molecule has 11 heteroatoms. The molecule has 4 aromatic rings. The van der Waals surface area contributed by atoms with Crippen LogP contribution in [0.2, 0.25) is 0 Å². The first-order chi connectivity index (χ1) is 18.4. The van der Waals surface area contributed by atoms with E-state index in [1.165, 1.54) is 12.0 Å². The van der Waals surface area contributed by atoms with E-state index in [1.807, 2.05) is 18.2 Å². The van der Waals surface area contributed by atoms with Crippen molar-refractivity contribution in [3.8, 4) is 17.0 Å². The first-order valence-electron chi connectivity index (χ1n) is 11.8. The third-order valence-electron chi connectivity index (χ3n) is 6.70. The molecular formula is C27H22N6O5. The van der Waals surface area contributed by atoms with Gasteiger partial charge in [-0.1, -0.05) is 6.07 Å². The molecule has 190 valence electrons. The number of aromatic nitrogens is 2. The molecule has 5 heterocycles. The van der Waals surface area contributed by atoms with Crippen LogP contribution in [0.3, 0.4) is 0 Å². The highest BCUT2D eigenvalue weighted by atomic mass is 16.5. The molecule has 1 aromatic carbocycles. The lowest BCUT2D eigenvalue weighted by molar-refractivity contribution is -0.125. The fourth-order valence-corrected chi connectivity index (χ4v) is 4.80. The van der Waals surface area contributed by atoms with E-state index in [-0.39, 0.29) is 24.8 Å². The molecule has 11 nitrogen and oxygen atoms in total. The molecule has 1 atom stereocenters. The van der Waals surface area contributed by atoms with Crippen LogP contribution in [0.4, 0.5) is 4.79 Å². The van der Waals surface area contributed by atoms with E-state index in [2.05, 4.69) is 25.6 Å². The largest absolute Gasteiger partial charge is 0.497 e. The van der Waals surface area contributed by atoms with Crippen molar-refractivity contribution in [3.63, 3.8) is 0 Å². The Morgan fingerprint density at radius 1 is 1.16 bits per heavy atom. The lowest BCUT2D eigenvalue weighted by Gasteiger charge is -2.28. The number of furan rings is 1. The van der Waals surface area contributed by atoms with Gasteiger partial charge in [0.15, 0.2) is 11.1 Å². The highest BCUT2D eigenvalue weighted by molar-refractivity contribution is 6.08. The van der Waals surface area contributed by atoms with Gasteiger partial charge in [-0.15, -0.1) is 0 Å². The minimum absolute atomic E-state index is 0.128. The lowest BCUT2D eigenvalue weighted by atomic mass is 9.95. The number of hydrogen-bond donors (Lipinski definition) is 2. The molecule has 2 N–H and O–H groups in total. The van der Waals surface area contributed by atoms with Crippen molar-refractivity contribution in [2.75, 3.05) is 20.7 Å². The van der Waals surface area contributed by atoms with Gasteiger partial charge in [-0.2, -0.15) is 0 Å². The second kappa shape index (κ2) is 8.80. The number of ether oxygens (including phenoxy) is 1. The minimum Gasteiger partial charge on any atom is -0.497 e. The molecule has 0 bridgehead atoms. The summed E-state index contributed by atoms with van der Waals surface area (Å²) in [6, 6.07) is 13.5. The number of methoxy groups -OCH3 is 1. The summed E-state index contributed by atoms with van der Waals surface area (Å²) in [6.45, 7) is 0.148. The standard InChI is InChI=1S/C27H22N6O5/c1-28-12-17-5-3-15(11-29-17)20-7-8-22-21(30-20)10-23(38-22)27(25(35)31-26(36)32-27)14-33-13-16-4-6-18(37-2)9-19(16)24(33)34/h3-12H,13-14H2,1-2H3,(H2,31,32,35,36). The maximum atomic E-state index is 13.2. The monoisotopic (exact) mass is 510 g/mol. The first-order valence-corrected chi connectivity index (χ1v) is 11.8. The number of nitrogens with zero attached hydrogens (tertiary/aromatic N) is 4. The maximum absolute atomic E-state index is 13.2. The van der Waals surface area contributed by atoms with Crippen molar-refractivity contribution >= 4 is 35.2 Å². The highest BCUT2D eigenvalue weighted by Crippen LogP contribution is 2.35. The number of carbonyl (C=O) groups excluding carboxylic acids is 3. The van der Waals surface area contributed by atoms with Crippen molar-refractivity contribution in [1.29, 1.82) is 0 Å². The van der Waals surface area contributed by atoms with Crippen LogP contribution in [0.15, 0.2) is 64.1 Å². The molecule has 0 aliphatic carbocycles. The van der Waals surface area contributed by atoms with Crippen molar-refractivity contribution in [2.24, 2.45) is 4.99 Å². The Hall–Kier alpha value is -5.06. The van der Waals surface area contributed by atoms with E-state index in [0.717, 1.165) is 16.8 Å². The van der Waals surface area contributed by atoms with E-state index in [9.17, 15) is 14.4 Å². The van der Waals surface area contributed by atoms with E-state index in [0.29, 0.717) is 28.1 Å². The molecule has 0 spiro atoms. The number of imide groups is 1. The summed E-state index contributed by atoms with van der Waals surface area (Å²) in [7, 11) is 3.21. The van der Waals surface area contributed by atoms with Crippen LogP contribution in [0, 0.1) is 0 Å². The van der Waals surface area contributed by atoms with Gasteiger partial charge in [-0.25, -0.2) is 9.78 Å². The number of pyridine rings is 2. The molecule has 6 rings (SSSR count). The van der Waals surface area contributed by atoms with Crippen molar-refractivity contribution in [2.45, 2.75) is 12.1 Å². The number of hydrogen-bond acceptors (Lipinski definition) is 8. The molecule has 1 unspecified atom stereocenters. The summed E-state index contributed by atoms with van der Waals surface area (Å²) in [5.41, 5.74) is 2.77. The van der Waals surface area contributed by atoms with Gasteiger partial charge in [0.05, 0.1) is 25.0 Å². The van der Waals surface area contributed by atoms with Crippen LogP contribution in [-0.4, -0.2) is 59.6 Å². The van der Waals surface area contributed by atoms with E-state index < -0.39 is 17.5 Å². The van der Waals surface area contributed by atoms with Gasteiger partial charge in [0.2, 0.25) is 0 Å². The summed E-state index contributed by atoms with van der Waals surface area (Å²) in [6.07, 6.45) is 3.35. The predicted molar refractivity (Wildman–Crippen MR) is 137 cm³/mol. The average Bonchev–Trinajstić information content (AvgIpc) is 3.57. The molecule has 1 saturated heterocycles. The molecule has 2 aliphatic heterocycles. The minimum atomic E-state index is -1.62. The smallest absolute Gasteiger partial charge is 0.322 e. The second-order valence-corrected chi connectivity index (χ2v) is 9.05. The Kier molecular flexibility index (Phi) is 5.41. The Morgan fingerprint density at radius 2 is 2.03 bits per heavy atom. The summed E-state index contributed by atoms with van der Waals surface area (Å²) >= 11 is 0. The van der Waals surface area contributed by atoms with Gasteiger partial charge >= 0.3 is 6.03 Å². The molecule has 3 aromatic heterocycles. The van der Waals surface area contributed by atoms with Crippen LogP contribution in [0.25, 0.3) is 22.4 Å². The number of amides is 4. The topological polar surface area (TPSA) is 139 Å². The summed E-state index contributed by atoms with van der Waals surface area (Å²) in [5, 5.41) is 4.98. The van der Waals surface area contributed by atoms with Gasteiger partial charge in [0.1, 0.15) is 17.0 Å². The second-order valence-electron chi connectivity index (χ2n) is 9.05. The summed E-state index contributed by atoms with van der Waals surface area (Å²) < 4.78 is 11.3. The summed E-state index contributed by atoms with van der Waals surface area (Å²) in [4.78, 5) is 53.2. The first kappa shape index (κ1) is 23.3. The molecule has 2 aliphatic rings. The highest BCUT2D eigenvalue weighted by Gasteiger charge is 2.53. The number of aliphatic imine (C=N–C) groups is 1. The van der Waals surface area contributed by atoms with Crippen molar-refractivity contribution in [1.82, 2.24) is 25.5 Å². The Labute approximate surface area is 216 Å². The molecule has 0 saturated carbocycles. The Balaban J connectivity index is 1.35. The van der Waals surface area contributed by atoms with Gasteiger partial charge < -0.3 is 19.4 Å². The normalized spacial score (nSPS) is 18.8. The zero-order chi connectivity index (χ0) is 26.4. The van der Waals surface area contributed by atoms with Crippen LogP contribution in [0.5, 0.6) is 5.75 Å². The molecule has 4 amide bonds. The van der Waals surface area contributed by atoms with Crippen LogP contribution in [0.1, 0.15) is 27.4 Å². The maximum Gasteiger partial charge on any atom is 0.322 e. The number of nitrogens with one attached hydrogen (secondary N) is 2. The van der Waals surface area contributed by atoms with Gasteiger partial charge in [-0.3, -0.25) is 24.9 Å². The average molecular weight is 511 g/mol. The predicted octanol–water partition coefficient (Wildman–Crippen LogP) is 2.64. The number of carbonyl (C=O) groups is 3. The summed E-state index contributed by atoms with van der Waals surface area (Å²) in [5.74, 6) is -0.147. The molecule has 38 heavy (non-hydrogen) atoms. The molecule has 0 radical (unpaired) electrons. The van der Waals surface area contributed by atoms with Crippen LogP contribution in [-0.2, 0) is 16.9 Å². The van der Waals surface area contributed by atoms with Crippen molar-refractivity contribution < 1.29 is 23.5 Å². The molecular weight excluding hydrogens is 488 g/mol. The lowest BCUT2D eigenvalue weighted by Crippen LogP contribution is -2.52. The number of fused-ring (bicyclic) bond motifs is 2. The number of rotatable bonds is 6. The Bertz CT molecular complexity index is 1640. The van der Waals surface area contributed by atoms with Gasteiger partial charge in [-0.05, 0) is 42.0 Å². The fraction of sp³-hybridized carbons (Fsp3) is 0.185. The third kappa shape index (κ3) is 3.76. The number of benzene rings is 1. The third-order valence-corrected chi connectivity index (χ3v) is 6.70. The zero-order valence-corrected chi connectivity index (χ0v) is 20.5. The van der Waals surface area contributed by atoms with Crippen molar-refractivity contribution in [3.05, 3.63) is 77.3 Å². The van der Waals surface area contributed by atoms with E-state index >= 15 is 0 Å². The van der Waals surface area contributed by atoms with E-state index in [4.69, 9.17) is 9.15 Å². The zero-order valence-electron chi connectivity index (χ0n) is 20.5. The van der Waals surface area contributed by atoms with Crippen LogP contribution < -0.4 is 15.4 Å². The van der Waals surface area contributed by atoms with Crippen LogP contribution >= 0.6 is 0 Å². The van der Waals surface area contributed by atoms with Gasteiger partial charge in [0.25, 0.3) is 11.8 Å². The molecule has 1 fully saturated rings. The fourth-order valence-electron chi connectivity index (χ4n) is 4.80. The quantitative estimate of drug-likeness (QED) is 0.300. The number of urea groups is 1. The SMILES string of the molecule is CN=Cc1ccc(-c2ccc3oc(C4(CN5Cc6ccc(OC)cc6C5=O)NC(=O)NC4=O)cc3n2)cn1.